The summed E-state index contributed by atoms with van der Waals surface area (Å²) in [7, 11) is 0. The summed E-state index contributed by atoms with van der Waals surface area (Å²) in [4.78, 5) is 20.4. The van der Waals surface area contributed by atoms with Gasteiger partial charge >= 0.3 is 0 Å². The van der Waals surface area contributed by atoms with E-state index in [1.165, 1.54) is 6.08 Å². The van der Waals surface area contributed by atoms with Crippen LogP contribution in [0, 0.1) is 0 Å². The van der Waals surface area contributed by atoms with Gasteiger partial charge in [0.2, 0.25) is 5.91 Å². The molecule has 4 nitrogen and oxygen atoms in total. The van der Waals surface area contributed by atoms with E-state index in [-0.39, 0.29) is 5.91 Å². The first-order valence-corrected chi connectivity index (χ1v) is 7.87. The SMILES string of the molecule is CC(C)c1cccc(C(C)C)c1NC(=O)C=Cc1cnccn1. The lowest BCUT2D eigenvalue weighted by atomic mass is 9.92. The number of carbonyl (C=O) groups is 1. The molecule has 0 bridgehead atoms. The van der Waals surface area contributed by atoms with Crippen LogP contribution < -0.4 is 5.32 Å². The molecule has 0 spiro atoms. The first-order chi connectivity index (χ1) is 11.0. The number of amides is 1. The van der Waals surface area contributed by atoms with Crippen molar-refractivity contribution in [2.75, 3.05) is 5.32 Å². The van der Waals surface area contributed by atoms with Crippen LogP contribution in [-0.4, -0.2) is 15.9 Å². The van der Waals surface area contributed by atoms with E-state index < -0.39 is 0 Å². The Hall–Kier alpha value is -2.49. The number of anilines is 1. The number of nitrogens with zero attached hydrogens (tertiary/aromatic N) is 2. The second-order valence-corrected chi connectivity index (χ2v) is 6.07. The van der Waals surface area contributed by atoms with Crippen molar-refractivity contribution < 1.29 is 4.79 Å². The Bertz CT molecular complexity index is 665. The Morgan fingerprint density at radius 1 is 1.09 bits per heavy atom. The summed E-state index contributed by atoms with van der Waals surface area (Å²) < 4.78 is 0. The standard InChI is InChI=1S/C19H23N3O/c1-13(2)16-6-5-7-17(14(3)4)19(16)22-18(23)9-8-15-12-20-10-11-21-15/h5-14H,1-4H3,(H,22,23). The molecule has 1 aromatic carbocycles. The summed E-state index contributed by atoms with van der Waals surface area (Å²) in [5.74, 6) is 0.520. The molecule has 0 fully saturated rings. The van der Waals surface area contributed by atoms with Crippen molar-refractivity contribution in [3.63, 3.8) is 0 Å². The van der Waals surface area contributed by atoms with Gasteiger partial charge in [-0.2, -0.15) is 0 Å². The maximum Gasteiger partial charge on any atom is 0.248 e. The quantitative estimate of drug-likeness (QED) is 0.834. The van der Waals surface area contributed by atoms with Gasteiger partial charge in [-0.15, -0.1) is 0 Å². The second-order valence-electron chi connectivity index (χ2n) is 6.07. The van der Waals surface area contributed by atoms with Crippen molar-refractivity contribution in [3.8, 4) is 0 Å². The highest BCUT2D eigenvalue weighted by atomic mass is 16.1. The molecule has 1 heterocycles. The molecule has 2 rings (SSSR count). The summed E-state index contributed by atoms with van der Waals surface area (Å²) in [5.41, 5.74) is 3.88. The summed E-state index contributed by atoms with van der Waals surface area (Å²) in [5, 5.41) is 3.04. The summed E-state index contributed by atoms with van der Waals surface area (Å²) in [6.45, 7) is 8.52. The van der Waals surface area contributed by atoms with Crippen LogP contribution in [0.25, 0.3) is 6.08 Å². The summed E-state index contributed by atoms with van der Waals surface area (Å²) in [6.07, 6.45) is 7.97. The lowest BCUT2D eigenvalue weighted by Gasteiger charge is -2.19. The zero-order valence-electron chi connectivity index (χ0n) is 14.1. The van der Waals surface area contributed by atoms with Gasteiger partial charge < -0.3 is 5.32 Å². The highest BCUT2D eigenvalue weighted by Crippen LogP contribution is 2.32. The number of hydrogen-bond acceptors (Lipinski definition) is 3. The maximum absolute atomic E-state index is 12.3. The predicted molar refractivity (Wildman–Crippen MR) is 94.3 cm³/mol. The topological polar surface area (TPSA) is 54.9 Å². The second kappa shape index (κ2) is 7.68. The van der Waals surface area contributed by atoms with Crippen molar-refractivity contribution in [1.82, 2.24) is 9.97 Å². The van der Waals surface area contributed by atoms with Crippen LogP contribution in [0.3, 0.4) is 0 Å². The van der Waals surface area contributed by atoms with Gasteiger partial charge in [-0.3, -0.25) is 14.8 Å². The van der Waals surface area contributed by atoms with Crippen molar-refractivity contribution in [2.45, 2.75) is 39.5 Å². The number of nitrogens with one attached hydrogen (secondary N) is 1. The Morgan fingerprint density at radius 2 is 1.74 bits per heavy atom. The molecule has 0 unspecified atom stereocenters. The molecule has 0 aliphatic carbocycles. The monoisotopic (exact) mass is 309 g/mol. The van der Waals surface area contributed by atoms with Gasteiger partial charge in [0.15, 0.2) is 0 Å². The number of para-hydroxylation sites is 1. The minimum atomic E-state index is -0.161. The van der Waals surface area contributed by atoms with Gasteiger partial charge in [0.05, 0.1) is 11.9 Å². The van der Waals surface area contributed by atoms with Crippen LogP contribution in [0.1, 0.15) is 56.4 Å². The highest BCUT2D eigenvalue weighted by Gasteiger charge is 2.14. The van der Waals surface area contributed by atoms with Crippen LogP contribution >= 0.6 is 0 Å². The molecule has 0 aliphatic heterocycles. The van der Waals surface area contributed by atoms with E-state index in [0.717, 1.165) is 16.8 Å². The Morgan fingerprint density at radius 3 is 2.26 bits per heavy atom. The lowest BCUT2D eigenvalue weighted by molar-refractivity contribution is -0.111. The van der Waals surface area contributed by atoms with E-state index >= 15 is 0 Å². The zero-order valence-corrected chi connectivity index (χ0v) is 14.1. The first kappa shape index (κ1) is 16.9. The number of hydrogen-bond donors (Lipinski definition) is 1. The largest absolute Gasteiger partial charge is 0.322 e. The average molecular weight is 309 g/mol. The Labute approximate surface area is 137 Å². The molecule has 1 N–H and O–H groups in total. The van der Waals surface area contributed by atoms with Crippen LogP contribution in [0.15, 0.2) is 42.9 Å². The number of benzene rings is 1. The molecule has 1 amide bonds. The van der Waals surface area contributed by atoms with Gasteiger partial charge in [-0.25, -0.2) is 0 Å². The van der Waals surface area contributed by atoms with Gasteiger partial charge in [-0.05, 0) is 29.0 Å². The molecule has 120 valence electrons. The minimum absolute atomic E-state index is 0.161. The fourth-order valence-corrected chi connectivity index (χ4v) is 2.42. The lowest BCUT2D eigenvalue weighted by Crippen LogP contribution is -2.13. The van der Waals surface area contributed by atoms with E-state index in [1.807, 2.05) is 0 Å². The van der Waals surface area contributed by atoms with E-state index in [0.29, 0.717) is 17.5 Å². The number of carbonyl (C=O) groups excluding carboxylic acids is 1. The highest BCUT2D eigenvalue weighted by molar-refractivity contribution is 6.02. The zero-order chi connectivity index (χ0) is 16.8. The van der Waals surface area contributed by atoms with Crippen molar-refractivity contribution in [1.29, 1.82) is 0 Å². The van der Waals surface area contributed by atoms with Gasteiger partial charge in [0.1, 0.15) is 0 Å². The smallest absolute Gasteiger partial charge is 0.248 e. The minimum Gasteiger partial charge on any atom is -0.322 e. The average Bonchev–Trinajstić information content (AvgIpc) is 2.53. The molecule has 0 aliphatic rings. The van der Waals surface area contributed by atoms with Crippen LogP contribution in [0.4, 0.5) is 5.69 Å². The molecular formula is C19H23N3O. The van der Waals surface area contributed by atoms with Crippen molar-refractivity contribution >= 4 is 17.7 Å². The molecule has 0 atom stereocenters. The van der Waals surface area contributed by atoms with E-state index in [9.17, 15) is 4.79 Å². The summed E-state index contributed by atoms with van der Waals surface area (Å²) >= 11 is 0. The molecule has 23 heavy (non-hydrogen) atoms. The molecule has 4 heteroatoms. The van der Waals surface area contributed by atoms with Gasteiger partial charge in [-0.1, -0.05) is 45.9 Å². The van der Waals surface area contributed by atoms with E-state index in [1.54, 1.807) is 24.7 Å². The van der Waals surface area contributed by atoms with E-state index in [2.05, 4.69) is 61.2 Å². The molecule has 0 radical (unpaired) electrons. The van der Waals surface area contributed by atoms with E-state index in [4.69, 9.17) is 0 Å². The normalized spacial score (nSPS) is 11.4. The molecule has 1 aromatic heterocycles. The first-order valence-electron chi connectivity index (χ1n) is 7.87. The van der Waals surface area contributed by atoms with Crippen LogP contribution in [-0.2, 0) is 4.79 Å². The van der Waals surface area contributed by atoms with Gasteiger partial charge in [0, 0.05) is 24.2 Å². The third-order valence-electron chi connectivity index (χ3n) is 3.61. The van der Waals surface area contributed by atoms with Crippen LogP contribution in [0.2, 0.25) is 0 Å². The third kappa shape index (κ3) is 4.49. The van der Waals surface area contributed by atoms with Gasteiger partial charge in [0.25, 0.3) is 0 Å². The number of rotatable bonds is 5. The fourth-order valence-electron chi connectivity index (χ4n) is 2.42. The molecule has 0 saturated heterocycles. The molecule has 2 aromatic rings. The third-order valence-corrected chi connectivity index (χ3v) is 3.61. The van der Waals surface area contributed by atoms with Crippen LogP contribution in [0.5, 0.6) is 0 Å². The van der Waals surface area contributed by atoms with Crippen molar-refractivity contribution in [2.24, 2.45) is 0 Å². The Balaban J connectivity index is 2.24. The predicted octanol–water partition coefficient (Wildman–Crippen LogP) is 4.38. The number of aromatic nitrogens is 2. The van der Waals surface area contributed by atoms with Crippen molar-refractivity contribution in [3.05, 3.63) is 59.7 Å². The maximum atomic E-state index is 12.3. The molecular weight excluding hydrogens is 286 g/mol. The Kier molecular flexibility index (Phi) is 5.63. The summed E-state index contributed by atoms with van der Waals surface area (Å²) in [6, 6.07) is 6.19. The molecule has 0 saturated carbocycles. The fraction of sp³-hybridized carbons (Fsp3) is 0.316.